The molecule has 0 spiro atoms. The van der Waals surface area contributed by atoms with Gasteiger partial charge in [-0.05, 0) is 24.6 Å². The topological polar surface area (TPSA) is 63.6 Å². The molecule has 0 heterocycles. The molecule has 21 heavy (non-hydrogen) atoms. The second kappa shape index (κ2) is 5.87. The van der Waals surface area contributed by atoms with Crippen molar-refractivity contribution in [1.82, 2.24) is 0 Å². The normalized spacial score (nSPS) is 13.0. The van der Waals surface area contributed by atoms with Gasteiger partial charge in [0.15, 0.2) is 0 Å². The van der Waals surface area contributed by atoms with Crippen LogP contribution in [-0.2, 0) is 10.1 Å². The molecule has 0 saturated carbocycles. The minimum absolute atomic E-state index is 0.0634. The predicted molar refractivity (Wildman–Crippen MR) is 81.5 cm³/mol. The molecular formula is C16H18O4S. The van der Waals surface area contributed by atoms with Crippen LogP contribution in [0, 0.1) is 6.92 Å². The lowest BCUT2D eigenvalue weighted by atomic mass is 9.91. The van der Waals surface area contributed by atoms with E-state index in [-0.39, 0.29) is 10.8 Å². The van der Waals surface area contributed by atoms with Crippen LogP contribution in [0.2, 0.25) is 0 Å². The van der Waals surface area contributed by atoms with Crippen LogP contribution in [0.5, 0.6) is 5.75 Å². The molecule has 0 aromatic heterocycles. The minimum Gasteiger partial charge on any atom is -0.496 e. The highest BCUT2D eigenvalue weighted by atomic mass is 32.2. The summed E-state index contributed by atoms with van der Waals surface area (Å²) in [5.74, 6) is 0.464. The first-order chi connectivity index (χ1) is 9.84. The minimum atomic E-state index is -4.26. The number of ether oxygens (including phenoxy) is 1. The molecule has 5 heteroatoms. The molecule has 2 aromatic rings. The van der Waals surface area contributed by atoms with Gasteiger partial charge >= 0.3 is 0 Å². The lowest BCUT2D eigenvalue weighted by molar-refractivity contribution is 0.408. The van der Waals surface area contributed by atoms with Crippen LogP contribution >= 0.6 is 0 Å². The van der Waals surface area contributed by atoms with Crippen molar-refractivity contribution in [2.45, 2.75) is 24.7 Å². The van der Waals surface area contributed by atoms with Gasteiger partial charge in [-0.3, -0.25) is 4.55 Å². The first-order valence-corrected chi connectivity index (χ1v) is 7.99. The van der Waals surface area contributed by atoms with Gasteiger partial charge in [0.25, 0.3) is 10.1 Å². The summed E-state index contributed by atoms with van der Waals surface area (Å²) in [6, 6.07) is 12.3. The number of rotatable bonds is 4. The number of hydrogen-bond acceptors (Lipinski definition) is 3. The van der Waals surface area contributed by atoms with Gasteiger partial charge in [-0.25, -0.2) is 0 Å². The summed E-state index contributed by atoms with van der Waals surface area (Å²) in [6.07, 6.45) is 0. The zero-order valence-electron chi connectivity index (χ0n) is 12.2. The molecule has 0 amide bonds. The Bertz CT molecular complexity index is 751. The average Bonchev–Trinajstić information content (AvgIpc) is 2.45. The summed E-state index contributed by atoms with van der Waals surface area (Å²) >= 11 is 0. The second-order valence-corrected chi connectivity index (χ2v) is 6.37. The molecule has 1 N–H and O–H groups in total. The monoisotopic (exact) mass is 306 g/mol. The quantitative estimate of drug-likeness (QED) is 0.879. The van der Waals surface area contributed by atoms with Gasteiger partial charge in [0.1, 0.15) is 5.75 Å². The fraction of sp³-hybridized carbons (Fsp3) is 0.250. The number of hydrogen-bond donors (Lipinski definition) is 1. The number of methoxy groups -OCH3 is 1. The van der Waals surface area contributed by atoms with Crippen molar-refractivity contribution in [3.8, 4) is 5.75 Å². The lowest BCUT2D eigenvalue weighted by Gasteiger charge is -2.18. The Morgan fingerprint density at radius 1 is 1.10 bits per heavy atom. The standard InChI is InChI=1S/C16H18O4S/c1-11-8-9-16(21(17,18)19)14(10-11)12(2)13-6-4-5-7-15(13)20-3/h4-10,12H,1-3H3,(H,17,18,19). The number of para-hydroxylation sites is 1. The van der Waals surface area contributed by atoms with Crippen molar-refractivity contribution in [1.29, 1.82) is 0 Å². The highest BCUT2D eigenvalue weighted by molar-refractivity contribution is 7.85. The van der Waals surface area contributed by atoms with E-state index in [2.05, 4.69) is 0 Å². The first kappa shape index (κ1) is 15.5. The van der Waals surface area contributed by atoms with Crippen LogP contribution in [0.15, 0.2) is 47.4 Å². The summed E-state index contributed by atoms with van der Waals surface area (Å²) < 4.78 is 37.9. The average molecular weight is 306 g/mol. The van der Waals surface area contributed by atoms with E-state index in [0.29, 0.717) is 11.3 Å². The van der Waals surface area contributed by atoms with E-state index in [1.807, 2.05) is 38.1 Å². The van der Waals surface area contributed by atoms with Gasteiger partial charge in [0.05, 0.1) is 12.0 Å². The van der Waals surface area contributed by atoms with E-state index in [1.165, 1.54) is 6.07 Å². The third kappa shape index (κ3) is 3.25. The molecule has 2 rings (SSSR count). The third-order valence-corrected chi connectivity index (χ3v) is 4.44. The Kier molecular flexibility index (Phi) is 4.34. The molecule has 112 valence electrons. The molecule has 0 aliphatic rings. The largest absolute Gasteiger partial charge is 0.496 e. The molecule has 0 fully saturated rings. The smallest absolute Gasteiger partial charge is 0.294 e. The summed E-state index contributed by atoms with van der Waals surface area (Å²) in [6.45, 7) is 3.77. The van der Waals surface area contributed by atoms with Crippen LogP contribution in [0.3, 0.4) is 0 Å². The maximum absolute atomic E-state index is 11.6. The molecule has 0 aliphatic heterocycles. The van der Waals surface area contributed by atoms with Gasteiger partial charge < -0.3 is 4.74 Å². The molecule has 1 unspecified atom stereocenters. The fourth-order valence-electron chi connectivity index (χ4n) is 2.43. The lowest BCUT2D eigenvalue weighted by Crippen LogP contribution is -2.08. The van der Waals surface area contributed by atoms with Crippen molar-refractivity contribution in [2.24, 2.45) is 0 Å². The van der Waals surface area contributed by atoms with Crippen molar-refractivity contribution >= 4 is 10.1 Å². The third-order valence-electron chi connectivity index (χ3n) is 3.52. The van der Waals surface area contributed by atoms with E-state index in [4.69, 9.17) is 4.74 Å². The molecule has 1 atom stereocenters. The molecule has 0 radical (unpaired) electrons. The highest BCUT2D eigenvalue weighted by Crippen LogP contribution is 2.34. The Hall–Kier alpha value is -1.85. The predicted octanol–water partition coefficient (Wildman–Crippen LogP) is 3.40. The Morgan fingerprint density at radius 2 is 1.76 bits per heavy atom. The van der Waals surface area contributed by atoms with Crippen LogP contribution in [0.25, 0.3) is 0 Å². The summed E-state index contributed by atoms with van der Waals surface area (Å²) in [4.78, 5) is -0.0634. The second-order valence-electron chi connectivity index (χ2n) is 4.98. The van der Waals surface area contributed by atoms with Gasteiger partial charge in [-0.1, -0.05) is 42.8 Å². The van der Waals surface area contributed by atoms with E-state index < -0.39 is 10.1 Å². The number of aryl methyl sites for hydroxylation is 1. The van der Waals surface area contributed by atoms with Crippen molar-refractivity contribution in [3.63, 3.8) is 0 Å². The number of benzene rings is 2. The zero-order valence-corrected chi connectivity index (χ0v) is 13.0. The van der Waals surface area contributed by atoms with Crippen LogP contribution in [-0.4, -0.2) is 20.1 Å². The van der Waals surface area contributed by atoms with Crippen LogP contribution < -0.4 is 4.74 Å². The van der Waals surface area contributed by atoms with E-state index in [9.17, 15) is 13.0 Å². The SMILES string of the molecule is COc1ccccc1C(C)c1cc(C)ccc1S(=O)(=O)O. The van der Waals surface area contributed by atoms with Crippen LogP contribution in [0.4, 0.5) is 0 Å². The van der Waals surface area contributed by atoms with Crippen LogP contribution in [0.1, 0.15) is 29.5 Å². The summed E-state index contributed by atoms with van der Waals surface area (Å²) in [5.41, 5.74) is 2.36. The highest BCUT2D eigenvalue weighted by Gasteiger charge is 2.22. The summed E-state index contributed by atoms with van der Waals surface area (Å²) in [7, 11) is -2.69. The van der Waals surface area contributed by atoms with Gasteiger partial charge in [-0.15, -0.1) is 0 Å². The van der Waals surface area contributed by atoms with E-state index >= 15 is 0 Å². The molecule has 0 bridgehead atoms. The summed E-state index contributed by atoms with van der Waals surface area (Å²) in [5, 5.41) is 0. The maximum atomic E-state index is 11.6. The molecule has 2 aromatic carbocycles. The van der Waals surface area contributed by atoms with Gasteiger partial charge in [-0.2, -0.15) is 8.42 Å². The Balaban J connectivity index is 2.63. The molecule has 0 aliphatic carbocycles. The Morgan fingerprint density at radius 3 is 2.38 bits per heavy atom. The van der Waals surface area contributed by atoms with E-state index in [1.54, 1.807) is 19.2 Å². The van der Waals surface area contributed by atoms with Crippen molar-refractivity contribution < 1.29 is 17.7 Å². The zero-order chi connectivity index (χ0) is 15.6. The molecule has 4 nitrogen and oxygen atoms in total. The van der Waals surface area contributed by atoms with Crippen molar-refractivity contribution in [2.75, 3.05) is 7.11 Å². The molecular weight excluding hydrogens is 288 g/mol. The fourth-order valence-corrected chi connectivity index (χ4v) is 3.21. The first-order valence-electron chi connectivity index (χ1n) is 6.55. The maximum Gasteiger partial charge on any atom is 0.294 e. The van der Waals surface area contributed by atoms with E-state index in [0.717, 1.165) is 11.1 Å². The molecule has 0 saturated heterocycles. The van der Waals surface area contributed by atoms with Gasteiger partial charge in [0, 0.05) is 11.5 Å². The Labute approximate surface area is 125 Å². The van der Waals surface area contributed by atoms with Gasteiger partial charge in [0.2, 0.25) is 0 Å². The van der Waals surface area contributed by atoms with Crippen molar-refractivity contribution in [3.05, 3.63) is 59.2 Å².